The third kappa shape index (κ3) is 4.62. The van der Waals surface area contributed by atoms with Gasteiger partial charge in [-0.1, -0.05) is 17.9 Å². The molecule has 0 aliphatic rings. The first-order valence-electron chi connectivity index (χ1n) is 6.93. The molecular weight excluding hydrogens is 262 g/mol. The standard InChI is InChI=1S/C18H19NO2/c1-14-6-7-18(17(10-14)5-3-4-8-20)21-13-16-9-15(2)11-19-12-16/h6-7,9-12,20H,4,8,13H2,1-2H3. The van der Waals surface area contributed by atoms with E-state index in [4.69, 9.17) is 9.84 Å². The maximum Gasteiger partial charge on any atom is 0.135 e. The molecule has 21 heavy (non-hydrogen) atoms. The van der Waals surface area contributed by atoms with Gasteiger partial charge in [-0.3, -0.25) is 4.98 Å². The smallest absolute Gasteiger partial charge is 0.135 e. The second-order valence-corrected chi connectivity index (χ2v) is 4.93. The van der Waals surface area contributed by atoms with Crippen LogP contribution in [0.15, 0.2) is 36.7 Å². The normalized spacial score (nSPS) is 9.86. The molecule has 108 valence electrons. The summed E-state index contributed by atoms with van der Waals surface area (Å²) in [6, 6.07) is 7.98. The molecule has 0 amide bonds. The molecule has 0 bridgehead atoms. The summed E-state index contributed by atoms with van der Waals surface area (Å²) in [6.45, 7) is 4.57. The summed E-state index contributed by atoms with van der Waals surface area (Å²) < 4.78 is 5.86. The quantitative estimate of drug-likeness (QED) is 0.876. The molecule has 1 heterocycles. The lowest BCUT2D eigenvalue weighted by Gasteiger charge is -2.09. The fourth-order valence-electron chi connectivity index (χ4n) is 1.94. The zero-order valence-electron chi connectivity index (χ0n) is 12.4. The van der Waals surface area contributed by atoms with Crippen LogP contribution in [0.25, 0.3) is 0 Å². The molecule has 0 atom stereocenters. The van der Waals surface area contributed by atoms with E-state index in [0.29, 0.717) is 13.0 Å². The predicted octanol–water partition coefficient (Wildman–Crippen LogP) is 3.01. The van der Waals surface area contributed by atoms with E-state index in [2.05, 4.69) is 22.9 Å². The van der Waals surface area contributed by atoms with E-state index in [1.807, 2.05) is 38.2 Å². The third-order valence-corrected chi connectivity index (χ3v) is 2.92. The number of benzene rings is 1. The van der Waals surface area contributed by atoms with Crippen LogP contribution >= 0.6 is 0 Å². The lowest BCUT2D eigenvalue weighted by molar-refractivity contribution is 0.304. The molecule has 0 aliphatic carbocycles. The Labute approximate surface area is 125 Å². The van der Waals surface area contributed by atoms with Gasteiger partial charge in [0.1, 0.15) is 12.4 Å². The molecular formula is C18H19NO2. The Bertz CT molecular complexity index is 668. The average molecular weight is 281 g/mol. The van der Waals surface area contributed by atoms with Crippen LogP contribution in [0.2, 0.25) is 0 Å². The Morgan fingerprint density at radius 2 is 2.00 bits per heavy atom. The Kier molecular flexibility index (Phi) is 5.36. The largest absolute Gasteiger partial charge is 0.488 e. The van der Waals surface area contributed by atoms with Crippen molar-refractivity contribution < 1.29 is 9.84 Å². The molecule has 2 rings (SSSR count). The van der Waals surface area contributed by atoms with Crippen molar-refractivity contribution in [2.45, 2.75) is 26.9 Å². The molecule has 0 unspecified atom stereocenters. The number of ether oxygens (including phenoxy) is 1. The highest BCUT2D eigenvalue weighted by Gasteiger charge is 2.03. The van der Waals surface area contributed by atoms with Crippen LogP contribution in [0.4, 0.5) is 0 Å². The molecule has 2 aromatic rings. The molecule has 3 nitrogen and oxygen atoms in total. The third-order valence-electron chi connectivity index (χ3n) is 2.92. The van der Waals surface area contributed by atoms with Crippen LogP contribution in [0.1, 0.15) is 28.7 Å². The number of aliphatic hydroxyl groups excluding tert-OH is 1. The maximum atomic E-state index is 8.81. The summed E-state index contributed by atoms with van der Waals surface area (Å²) in [6.07, 6.45) is 4.09. The van der Waals surface area contributed by atoms with Crippen molar-refractivity contribution in [2.24, 2.45) is 0 Å². The van der Waals surface area contributed by atoms with Crippen molar-refractivity contribution in [3.05, 3.63) is 58.9 Å². The van der Waals surface area contributed by atoms with Crippen molar-refractivity contribution in [2.75, 3.05) is 6.61 Å². The molecule has 0 saturated heterocycles. The van der Waals surface area contributed by atoms with Gasteiger partial charge in [0.2, 0.25) is 0 Å². The van der Waals surface area contributed by atoms with Crippen molar-refractivity contribution in [1.29, 1.82) is 0 Å². The van der Waals surface area contributed by atoms with Crippen LogP contribution in [0.5, 0.6) is 5.75 Å². The van der Waals surface area contributed by atoms with Gasteiger partial charge in [-0.15, -0.1) is 0 Å². The SMILES string of the molecule is Cc1cncc(COc2ccc(C)cc2C#CCCO)c1. The van der Waals surface area contributed by atoms with Crippen molar-refractivity contribution in [3.8, 4) is 17.6 Å². The topological polar surface area (TPSA) is 42.4 Å². The average Bonchev–Trinajstić information content (AvgIpc) is 2.47. The highest BCUT2D eigenvalue weighted by Crippen LogP contribution is 2.20. The van der Waals surface area contributed by atoms with Gasteiger partial charge in [0.15, 0.2) is 0 Å². The van der Waals surface area contributed by atoms with E-state index in [-0.39, 0.29) is 6.61 Å². The Morgan fingerprint density at radius 3 is 2.76 bits per heavy atom. The molecule has 1 aromatic carbocycles. The fraction of sp³-hybridized carbons (Fsp3) is 0.278. The first kappa shape index (κ1) is 15.1. The number of rotatable bonds is 4. The molecule has 0 saturated carbocycles. The van der Waals surface area contributed by atoms with Gasteiger partial charge in [0.05, 0.1) is 12.2 Å². The number of aryl methyl sites for hydroxylation is 2. The number of pyridine rings is 1. The zero-order valence-corrected chi connectivity index (χ0v) is 12.4. The summed E-state index contributed by atoms with van der Waals surface area (Å²) in [7, 11) is 0. The zero-order chi connectivity index (χ0) is 15.1. The monoisotopic (exact) mass is 281 g/mol. The summed E-state index contributed by atoms with van der Waals surface area (Å²) in [5.41, 5.74) is 4.13. The van der Waals surface area contributed by atoms with Gasteiger partial charge >= 0.3 is 0 Å². The Morgan fingerprint density at radius 1 is 1.14 bits per heavy atom. The second kappa shape index (κ2) is 7.47. The minimum Gasteiger partial charge on any atom is -0.488 e. The van der Waals surface area contributed by atoms with E-state index >= 15 is 0 Å². The molecule has 0 fully saturated rings. The first-order chi connectivity index (χ1) is 10.2. The van der Waals surface area contributed by atoms with Gasteiger partial charge in [0, 0.05) is 24.4 Å². The van der Waals surface area contributed by atoms with Crippen LogP contribution in [-0.4, -0.2) is 16.7 Å². The van der Waals surface area contributed by atoms with Crippen LogP contribution in [0, 0.1) is 25.7 Å². The van der Waals surface area contributed by atoms with E-state index in [1.165, 1.54) is 0 Å². The van der Waals surface area contributed by atoms with Crippen LogP contribution < -0.4 is 4.74 Å². The summed E-state index contributed by atoms with van der Waals surface area (Å²) in [5.74, 6) is 6.74. The molecule has 0 spiro atoms. The molecule has 0 aliphatic heterocycles. The maximum absolute atomic E-state index is 8.81. The molecule has 0 radical (unpaired) electrons. The lowest BCUT2D eigenvalue weighted by Crippen LogP contribution is -1.98. The van der Waals surface area contributed by atoms with Gasteiger partial charge < -0.3 is 9.84 Å². The van der Waals surface area contributed by atoms with Crippen LogP contribution in [0.3, 0.4) is 0 Å². The minimum atomic E-state index is 0.0734. The number of hydrogen-bond acceptors (Lipinski definition) is 3. The summed E-state index contributed by atoms with van der Waals surface area (Å²) in [5, 5.41) is 8.81. The Balaban J connectivity index is 2.14. The molecule has 1 aromatic heterocycles. The van der Waals surface area contributed by atoms with Crippen molar-refractivity contribution in [1.82, 2.24) is 4.98 Å². The Hall–Kier alpha value is -2.31. The van der Waals surface area contributed by atoms with E-state index in [0.717, 1.165) is 28.0 Å². The van der Waals surface area contributed by atoms with E-state index < -0.39 is 0 Å². The number of aromatic nitrogens is 1. The summed E-state index contributed by atoms with van der Waals surface area (Å²) in [4.78, 5) is 4.16. The van der Waals surface area contributed by atoms with Gasteiger partial charge in [-0.25, -0.2) is 0 Å². The van der Waals surface area contributed by atoms with Crippen molar-refractivity contribution in [3.63, 3.8) is 0 Å². The minimum absolute atomic E-state index is 0.0734. The van der Waals surface area contributed by atoms with Crippen molar-refractivity contribution >= 4 is 0 Å². The lowest BCUT2D eigenvalue weighted by atomic mass is 10.1. The number of aliphatic hydroxyl groups is 1. The van der Waals surface area contributed by atoms with Gasteiger partial charge in [0.25, 0.3) is 0 Å². The highest BCUT2D eigenvalue weighted by molar-refractivity contribution is 5.48. The predicted molar refractivity (Wildman–Crippen MR) is 83.1 cm³/mol. The van der Waals surface area contributed by atoms with Gasteiger partial charge in [-0.2, -0.15) is 0 Å². The highest BCUT2D eigenvalue weighted by atomic mass is 16.5. The summed E-state index contributed by atoms with van der Waals surface area (Å²) >= 11 is 0. The number of hydrogen-bond donors (Lipinski definition) is 1. The second-order valence-electron chi connectivity index (χ2n) is 4.93. The van der Waals surface area contributed by atoms with E-state index in [9.17, 15) is 0 Å². The van der Waals surface area contributed by atoms with E-state index in [1.54, 1.807) is 6.20 Å². The molecule has 3 heteroatoms. The van der Waals surface area contributed by atoms with Crippen LogP contribution in [-0.2, 0) is 6.61 Å². The fourth-order valence-corrected chi connectivity index (χ4v) is 1.94. The molecule has 1 N–H and O–H groups in total. The number of nitrogens with zero attached hydrogens (tertiary/aromatic N) is 1. The first-order valence-corrected chi connectivity index (χ1v) is 6.93. The van der Waals surface area contributed by atoms with Gasteiger partial charge in [-0.05, 0) is 43.2 Å².